The zero-order valence-corrected chi connectivity index (χ0v) is 14.8. The fourth-order valence-corrected chi connectivity index (χ4v) is 3.63. The lowest BCUT2D eigenvalue weighted by Crippen LogP contribution is -3.09. The molecule has 0 aliphatic heterocycles. The molecule has 0 heterocycles. The van der Waals surface area contributed by atoms with Crippen molar-refractivity contribution >= 4 is 17.7 Å². The molecule has 0 radical (unpaired) electrons. The minimum atomic E-state index is 0.192. The Kier molecular flexibility index (Phi) is 6.77. The summed E-state index contributed by atoms with van der Waals surface area (Å²) < 4.78 is 0. The van der Waals surface area contributed by atoms with Crippen LogP contribution in [-0.4, -0.2) is 31.8 Å². The van der Waals surface area contributed by atoms with Gasteiger partial charge in [-0.3, -0.25) is 4.79 Å². The van der Waals surface area contributed by atoms with Crippen molar-refractivity contribution in [3.8, 4) is 0 Å². The third-order valence-corrected chi connectivity index (χ3v) is 5.33. The Hall–Kier alpha value is -1.00. The van der Waals surface area contributed by atoms with E-state index >= 15 is 0 Å². The van der Waals surface area contributed by atoms with Gasteiger partial charge in [-0.25, -0.2) is 0 Å². The van der Waals surface area contributed by atoms with E-state index in [0.29, 0.717) is 18.5 Å². The Labute approximate surface area is 138 Å². The SMILES string of the molecule is CSc1ccc(C[NH+](C)CC(=O)N[C@@H]2CCCC[C@@H]2C)cc1. The number of nitrogens with one attached hydrogen (secondary N) is 2. The summed E-state index contributed by atoms with van der Waals surface area (Å²) in [5, 5.41) is 3.24. The van der Waals surface area contributed by atoms with Crippen LogP contribution in [0.25, 0.3) is 0 Å². The van der Waals surface area contributed by atoms with E-state index in [9.17, 15) is 4.79 Å². The second-order valence-corrected chi connectivity index (χ2v) is 7.47. The predicted octanol–water partition coefficient (Wildman–Crippen LogP) is 2.12. The van der Waals surface area contributed by atoms with Crippen molar-refractivity contribution in [2.45, 2.75) is 50.1 Å². The third kappa shape index (κ3) is 5.33. The van der Waals surface area contributed by atoms with Crippen molar-refractivity contribution in [2.75, 3.05) is 19.8 Å². The molecule has 1 aliphatic rings. The van der Waals surface area contributed by atoms with E-state index in [1.807, 2.05) is 0 Å². The lowest BCUT2D eigenvalue weighted by atomic mass is 9.86. The topological polar surface area (TPSA) is 33.5 Å². The zero-order valence-electron chi connectivity index (χ0n) is 14.0. The first-order valence-corrected chi connectivity index (χ1v) is 9.54. The molecule has 1 unspecified atom stereocenters. The number of benzene rings is 1. The first-order chi connectivity index (χ1) is 10.6. The molecule has 1 aromatic carbocycles. The standard InChI is InChI=1S/C18H28N2OS/c1-14-6-4-5-7-17(14)19-18(21)13-20(2)12-15-8-10-16(22-3)11-9-15/h8-11,14,17H,4-7,12-13H2,1-3H3,(H,19,21)/p+1/t14-,17+/m0/s1. The molecule has 1 saturated carbocycles. The Morgan fingerprint density at radius 3 is 2.59 bits per heavy atom. The molecule has 1 amide bonds. The van der Waals surface area contributed by atoms with Crippen LogP contribution >= 0.6 is 11.8 Å². The summed E-state index contributed by atoms with van der Waals surface area (Å²) in [5.41, 5.74) is 1.29. The van der Waals surface area contributed by atoms with Crippen molar-refractivity contribution in [2.24, 2.45) is 5.92 Å². The predicted molar refractivity (Wildman–Crippen MR) is 93.2 cm³/mol. The molecular formula is C18H29N2OS+. The van der Waals surface area contributed by atoms with Gasteiger partial charge in [-0.05, 0) is 37.1 Å². The molecule has 0 bridgehead atoms. The number of amides is 1. The van der Waals surface area contributed by atoms with E-state index in [1.165, 1.54) is 34.6 Å². The summed E-state index contributed by atoms with van der Waals surface area (Å²) in [6.45, 7) is 3.70. The first-order valence-electron chi connectivity index (χ1n) is 8.32. The van der Waals surface area contributed by atoms with Crippen LogP contribution in [0.1, 0.15) is 38.2 Å². The van der Waals surface area contributed by atoms with Crippen LogP contribution in [0.15, 0.2) is 29.2 Å². The highest BCUT2D eigenvalue weighted by Gasteiger charge is 2.23. The van der Waals surface area contributed by atoms with Crippen LogP contribution in [0.2, 0.25) is 0 Å². The molecule has 1 aromatic rings. The molecule has 1 fully saturated rings. The molecule has 3 nitrogen and oxygen atoms in total. The van der Waals surface area contributed by atoms with Gasteiger partial charge in [-0.1, -0.05) is 31.9 Å². The highest BCUT2D eigenvalue weighted by Crippen LogP contribution is 2.23. The van der Waals surface area contributed by atoms with Crippen LogP contribution in [0.3, 0.4) is 0 Å². The van der Waals surface area contributed by atoms with Gasteiger partial charge in [0.05, 0.1) is 7.05 Å². The summed E-state index contributed by atoms with van der Waals surface area (Å²) in [4.78, 5) is 14.7. The Morgan fingerprint density at radius 1 is 1.27 bits per heavy atom. The maximum Gasteiger partial charge on any atom is 0.275 e. The number of carbonyl (C=O) groups is 1. The normalized spacial score (nSPS) is 23.0. The van der Waals surface area contributed by atoms with Gasteiger partial charge in [-0.15, -0.1) is 11.8 Å². The van der Waals surface area contributed by atoms with Crippen LogP contribution in [0, 0.1) is 5.92 Å². The van der Waals surface area contributed by atoms with Crippen LogP contribution in [0.4, 0.5) is 0 Å². The Morgan fingerprint density at radius 2 is 1.95 bits per heavy atom. The van der Waals surface area contributed by atoms with E-state index in [0.717, 1.165) is 13.0 Å². The fourth-order valence-electron chi connectivity index (χ4n) is 3.22. The first kappa shape index (κ1) is 17.4. The van der Waals surface area contributed by atoms with Gasteiger partial charge < -0.3 is 10.2 Å². The second kappa shape index (κ2) is 8.59. The molecule has 4 heteroatoms. The maximum absolute atomic E-state index is 12.2. The van der Waals surface area contributed by atoms with Gasteiger partial charge in [-0.2, -0.15) is 0 Å². The summed E-state index contributed by atoms with van der Waals surface area (Å²) in [6.07, 6.45) is 7.03. The monoisotopic (exact) mass is 321 g/mol. The quantitative estimate of drug-likeness (QED) is 0.787. The largest absolute Gasteiger partial charge is 0.348 e. The molecule has 0 saturated heterocycles. The average molecular weight is 322 g/mol. The molecule has 0 spiro atoms. The second-order valence-electron chi connectivity index (χ2n) is 6.59. The summed E-state index contributed by atoms with van der Waals surface area (Å²) in [6, 6.07) is 9.01. The molecule has 2 rings (SSSR count). The van der Waals surface area contributed by atoms with Gasteiger partial charge in [0, 0.05) is 16.5 Å². The summed E-state index contributed by atoms with van der Waals surface area (Å²) in [5.74, 6) is 0.814. The minimum absolute atomic E-state index is 0.192. The number of likely N-dealkylation sites (N-methyl/N-ethyl adjacent to an activating group) is 1. The Bertz CT molecular complexity index is 474. The van der Waals surface area contributed by atoms with Crippen LogP contribution in [0.5, 0.6) is 0 Å². The van der Waals surface area contributed by atoms with Crippen LogP contribution in [-0.2, 0) is 11.3 Å². The fraction of sp³-hybridized carbons (Fsp3) is 0.611. The highest BCUT2D eigenvalue weighted by molar-refractivity contribution is 7.98. The minimum Gasteiger partial charge on any atom is -0.348 e. The van der Waals surface area contributed by atoms with Gasteiger partial charge >= 0.3 is 0 Å². The third-order valence-electron chi connectivity index (χ3n) is 4.59. The Balaban J connectivity index is 1.77. The smallest absolute Gasteiger partial charge is 0.275 e. The average Bonchev–Trinajstić information content (AvgIpc) is 2.50. The van der Waals surface area contributed by atoms with E-state index in [1.54, 1.807) is 11.8 Å². The van der Waals surface area contributed by atoms with Gasteiger partial charge in [0.15, 0.2) is 6.54 Å². The maximum atomic E-state index is 12.2. The molecule has 3 atom stereocenters. The van der Waals surface area contributed by atoms with Crippen molar-refractivity contribution in [3.63, 3.8) is 0 Å². The summed E-state index contributed by atoms with van der Waals surface area (Å²) >= 11 is 1.76. The number of carbonyl (C=O) groups excluding carboxylic acids is 1. The van der Waals surface area contributed by atoms with Gasteiger partial charge in [0.2, 0.25) is 0 Å². The highest BCUT2D eigenvalue weighted by atomic mass is 32.2. The van der Waals surface area contributed by atoms with E-state index < -0.39 is 0 Å². The molecule has 2 N–H and O–H groups in total. The van der Waals surface area contributed by atoms with E-state index in [2.05, 4.69) is 49.8 Å². The molecule has 122 valence electrons. The van der Waals surface area contributed by atoms with E-state index in [-0.39, 0.29) is 5.91 Å². The van der Waals surface area contributed by atoms with Crippen molar-refractivity contribution < 1.29 is 9.69 Å². The lowest BCUT2D eigenvalue weighted by Gasteiger charge is -2.29. The molecule has 22 heavy (non-hydrogen) atoms. The van der Waals surface area contributed by atoms with Gasteiger partial charge in [0.25, 0.3) is 5.91 Å². The van der Waals surface area contributed by atoms with Crippen LogP contribution < -0.4 is 10.2 Å². The van der Waals surface area contributed by atoms with Crippen molar-refractivity contribution in [1.82, 2.24) is 5.32 Å². The number of rotatable bonds is 6. The number of hydrogen-bond acceptors (Lipinski definition) is 2. The number of quaternary nitrogens is 1. The molecular weight excluding hydrogens is 292 g/mol. The van der Waals surface area contributed by atoms with Gasteiger partial charge in [0.1, 0.15) is 6.54 Å². The number of thioether (sulfide) groups is 1. The van der Waals surface area contributed by atoms with Crippen molar-refractivity contribution in [1.29, 1.82) is 0 Å². The number of hydrogen-bond donors (Lipinski definition) is 2. The van der Waals surface area contributed by atoms with Crippen molar-refractivity contribution in [3.05, 3.63) is 29.8 Å². The zero-order chi connectivity index (χ0) is 15.9. The lowest BCUT2D eigenvalue weighted by molar-refractivity contribution is -0.885. The van der Waals surface area contributed by atoms with E-state index in [4.69, 9.17) is 0 Å². The molecule has 0 aromatic heterocycles. The molecule has 1 aliphatic carbocycles. The summed E-state index contributed by atoms with van der Waals surface area (Å²) in [7, 11) is 2.09.